The summed E-state index contributed by atoms with van der Waals surface area (Å²) in [5.74, 6) is -0.592. The van der Waals surface area contributed by atoms with Gasteiger partial charge in [-0.15, -0.1) is 0 Å². The number of nitrogens with two attached hydrogens (primary N) is 1. The number of hydrogen-bond donors (Lipinski definition) is 1. The molecule has 5 nitrogen and oxygen atoms in total. The van der Waals surface area contributed by atoms with E-state index in [0.717, 1.165) is 4.47 Å². The summed E-state index contributed by atoms with van der Waals surface area (Å²) in [7, 11) is 0. The number of ether oxygens (including phenoxy) is 1. The number of carbonyl (C=O) groups is 2. The Morgan fingerprint density at radius 3 is 2.39 bits per heavy atom. The number of morpholine rings is 1. The van der Waals surface area contributed by atoms with Gasteiger partial charge in [0.2, 0.25) is 0 Å². The predicted molar refractivity (Wildman–Crippen MR) is 68.9 cm³/mol. The molecule has 2 unspecified atom stereocenters. The van der Waals surface area contributed by atoms with Gasteiger partial charge in [0.15, 0.2) is 0 Å². The van der Waals surface area contributed by atoms with Gasteiger partial charge in [0.1, 0.15) is 12.2 Å². The van der Waals surface area contributed by atoms with Crippen LogP contribution in [0.3, 0.4) is 0 Å². The number of rotatable bonds is 1. The second-order valence-corrected chi connectivity index (χ2v) is 5.26. The van der Waals surface area contributed by atoms with Crippen molar-refractivity contribution in [3.63, 3.8) is 0 Å². The molecule has 3 rings (SSSR count). The first-order chi connectivity index (χ1) is 8.58. The van der Waals surface area contributed by atoms with Crippen LogP contribution < -0.4 is 10.6 Å². The summed E-state index contributed by atoms with van der Waals surface area (Å²) in [6, 6.07) is 5.04. The molecule has 2 atom stereocenters. The summed E-state index contributed by atoms with van der Waals surface area (Å²) in [6.07, 6.45) is 0.241. The molecule has 2 N–H and O–H groups in total. The zero-order valence-corrected chi connectivity index (χ0v) is 11.0. The first-order valence-electron chi connectivity index (χ1n) is 5.66. The summed E-state index contributed by atoms with van der Waals surface area (Å²) >= 11 is 3.28. The van der Waals surface area contributed by atoms with E-state index in [1.807, 2.05) is 0 Å². The van der Waals surface area contributed by atoms with Crippen molar-refractivity contribution in [2.75, 3.05) is 10.6 Å². The van der Waals surface area contributed by atoms with E-state index in [1.165, 1.54) is 4.90 Å². The maximum atomic E-state index is 12.1. The van der Waals surface area contributed by atoms with Crippen LogP contribution in [-0.4, -0.2) is 24.0 Å². The van der Waals surface area contributed by atoms with Crippen molar-refractivity contribution in [2.45, 2.75) is 25.0 Å². The zero-order valence-electron chi connectivity index (χ0n) is 9.43. The molecule has 2 aliphatic rings. The summed E-state index contributed by atoms with van der Waals surface area (Å²) in [4.78, 5) is 25.4. The van der Waals surface area contributed by atoms with Crippen LogP contribution in [0.2, 0.25) is 0 Å². The number of imide groups is 1. The molecule has 2 aliphatic heterocycles. The number of nitrogens with zero attached hydrogens (tertiary/aromatic N) is 1. The number of benzene rings is 1. The van der Waals surface area contributed by atoms with E-state index < -0.39 is 12.2 Å². The van der Waals surface area contributed by atoms with E-state index in [1.54, 1.807) is 18.2 Å². The van der Waals surface area contributed by atoms with E-state index in [0.29, 0.717) is 24.2 Å². The molecule has 1 aromatic rings. The fraction of sp³-hybridized carbons (Fsp3) is 0.333. The van der Waals surface area contributed by atoms with E-state index in [2.05, 4.69) is 15.9 Å². The Bertz CT molecular complexity index is 524. The van der Waals surface area contributed by atoms with E-state index >= 15 is 0 Å². The van der Waals surface area contributed by atoms with Crippen molar-refractivity contribution in [1.82, 2.24) is 0 Å². The second-order valence-electron chi connectivity index (χ2n) is 4.41. The Labute approximate surface area is 112 Å². The maximum Gasteiger partial charge on any atom is 0.262 e. The van der Waals surface area contributed by atoms with Gasteiger partial charge in [0.25, 0.3) is 11.8 Å². The second kappa shape index (κ2) is 4.07. The maximum absolute atomic E-state index is 12.1. The van der Waals surface area contributed by atoms with Gasteiger partial charge in [-0.05, 0) is 47.0 Å². The summed E-state index contributed by atoms with van der Waals surface area (Å²) in [6.45, 7) is 0. The predicted octanol–water partition coefficient (Wildman–Crippen LogP) is 1.45. The van der Waals surface area contributed by atoms with Gasteiger partial charge in [-0.1, -0.05) is 0 Å². The minimum Gasteiger partial charge on any atom is -0.398 e. The molecule has 0 aromatic heterocycles. The Morgan fingerprint density at radius 2 is 1.83 bits per heavy atom. The third kappa shape index (κ3) is 1.64. The van der Waals surface area contributed by atoms with Crippen LogP contribution in [0.15, 0.2) is 22.7 Å². The standard InChI is InChI=1S/C12H11BrN2O3/c13-7-2-1-6(5-8(7)14)15-11(16)9-3-4-10(18-9)12(15)17/h1-2,5,9-10H,3-4,14H2. The molecule has 18 heavy (non-hydrogen) atoms. The zero-order chi connectivity index (χ0) is 12.9. The number of amides is 2. The lowest BCUT2D eigenvalue weighted by molar-refractivity contribution is -0.146. The van der Waals surface area contributed by atoms with Gasteiger partial charge in [-0.3, -0.25) is 9.59 Å². The normalized spacial score (nSPS) is 26.8. The van der Waals surface area contributed by atoms with Crippen molar-refractivity contribution in [2.24, 2.45) is 0 Å². The molecular formula is C12H11BrN2O3. The quantitative estimate of drug-likeness (QED) is 0.629. The first kappa shape index (κ1) is 11.7. The molecule has 0 aliphatic carbocycles. The van der Waals surface area contributed by atoms with Gasteiger partial charge >= 0.3 is 0 Å². The molecule has 0 saturated carbocycles. The molecule has 0 radical (unpaired) electrons. The number of nitrogen functional groups attached to an aromatic ring is 1. The molecule has 94 valence electrons. The topological polar surface area (TPSA) is 72.6 Å². The molecule has 2 heterocycles. The Hall–Kier alpha value is -1.40. The number of carbonyl (C=O) groups excluding carboxylic acids is 2. The van der Waals surface area contributed by atoms with Crippen molar-refractivity contribution in [3.8, 4) is 0 Å². The number of halogens is 1. The van der Waals surface area contributed by atoms with Crippen LogP contribution in [-0.2, 0) is 14.3 Å². The Morgan fingerprint density at radius 1 is 1.22 bits per heavy atom. The van der Waals surface area contributed by atoms with Crippen molar-refractivity contribution < 1.29 is 14.3 Å². The lowest BCUT2D eigenvalue weighted by atomic mass is 10.2. The minimum atomic E-state index is -0.488. The highest BCUT2D eigenvalue weighted by Gasteiger charge is 2.47. The Balaban J connectivity index is 2.02. The fourth-order valence-electron chi connectivity index (χ4n) is 2.32. The molecule has 2 fully saturated rings. The van der Waals surface area contributed by atoms with Crippen LogP contribution in [0.25, 0.3) is 0 Å². The lowest BCUT2D eigenvalue weighted by Gasteiger charge is -2.30. The van der Waals surface area contributed by atoms with Gasteiger partial charge in [0, 0.05) is 10.2 Å². The van der Waals surface area contributed by atoms with Crippen LogP contribution >= 0.6 is 15.9 Å². The van der Waals surface area contributed by atoms with Gasteiger partial charge < -0.3 is 10.5 Å². The van der Waals surface area contributed by atoms with Gasteiger partial charge in [0.05, 0.1) is 5.69 Å². The molecule has 1 aromatic carbocycles. The third-order valence-corrected chi connectivity index (χ3v) is 3.97. The summed E-state index contributed by atoms with van der Waals surface area (Å²) < 4.78 is 6.08. The van der Waals surface area contributed by atoms with Crippen molar-refractivity contribution >= 4 is 39.1 Å². The SMILES string of the molecule is Nc1cc(N2C(=O)C3CCC(O3)C2=O)ccc1Br. The molecule has 6 heteroatoms. The monoisotopic (exact) mass is 310 g/mol. The largest absolute Gasteiger partial charge is 0.398 e. The van der Waals surface area contributed by atoms with E-state index in [-0.39, 0.29) is 11.8 Å². The highest BCUT2D eigenvalue weighted by Crippen LogP contribution is 2.33. The average Bonchev–Trinajstić information content (AvgIpc) is 2.78. The molecular weight excluding hydrogens is 300 g/mol. The molecule has 2 saturated heterocycles. The van der Waals surface area contributed by atoms with E-state index in [9.17, 15) is 9.59 Å². The van der Waals surface area contributed by atoms with Crippen molar-refractivity contribution in [3.05, 3.63) is 22.7 Å². The van der Waals surface area contributed by atoms with Crippen molar-refractivity contribution in [1.29, 1.82) is 0 Å². The molecule has 2 bridgehead atoms. The smallest absolute Gasteiger partial charge is 0.262 e. The van der Waals surface area contributed by atoms with E-state index in [4.69, 9.17) is 10.5 Å². The fourth-order valence-corrected chi connectivity index (χ4v) is 2.57. The summed E-state index contributed by atoms with van der Waals surface area (Å²) in [5, 5.41) is 0. The van der Waals surface area contributed by atoms with Gasteiger partial charge in [-0.25, -0.2) is 4.90 Å². The lowest BCUT2D eigenvalue weighted by Crippen LogP contribution is -2.52. The molecule has 2 amide bonds. The van der Waals surface area contributed by atoms with Crippen LogP contribution in [0.5, 0.6) is 0 Å². The summed E-state index contributed by atoms with van der Waals surface area (Å²) in [5.41, 5.74) is 6.77. The van der Waals surface area contributed by atoms with Gasteiger partial charge in [-0.2, -0.15) is 0 Å². The highest BCUT2D eigenvalue weighted by atomic mass is 79.9. The third-order valence-electron chi connectivity index (χ3n) is 3.25. The minimum absolute atomic E-state index is 0.296. The number of anilines is 2. The highest BCUT2D eigenvalue weighted by molar-refractivity contribution is 9.10. The number of hydrogen-bond acceptors (Lipinski definition) is 4. The number of fused-ring (bicyclic) bond motifs is 2. The molecule has 0 spiro atoms. The first-order valence-corrected chi connectivity index (χ1v) is 6.45. The Kier molecular flexibility index (Phi) is 2.64. The van der Waals surface area contributed by atoms with Crippen LogP contribution in [0.4, 0.5) is 11.4 Å². The van der Waals surface area contributed by atoms with Crippen LogP contribution in [0.1, 0.15) is 12.8 Å². The van der Waals surface area contributed by atoms with Crippen LogP contribution in [0, 0.1) is 0 Å². The average molecular weight is 311 g/mol.